The molecule has 0 heterocycles. The van der Waals surface area contributed by atoms with Crippen LogP contribution in [0.4, 0.5) is 0 Å². The maximum atomic E-state index is 13.9. The summed E-state index contributed by atoms with van der Waals surface area (Å²) in [4.78, 5) is 39.8. The Balaban J connectivity index is 1.49. The summed E-state index contributed by atoms with van der Waals surface area (Å²) < 4.78 is 54.5. The third-order valence-corrected chi connectivity index (χ3v) is 12.5. The summed E-state index contributed by atoms with van der Waals surface area (Å²) in [6.07, 6.45) is 3.79. The van der Waals surface area contributed by atoms with Crippen molar-refractivity contribution in [3.8, 4) is 0 Å². The van der Waals surface area contributed by atoms with Gasteiger partial charge in [0.05, 0.1) is 9.79 Å². The van der Waals surface area contributed by atoms with Gasteiger partial charge in [0, 0.05) is 13.1 Å². The van der Waals surface area contributed by atoms with Gasteiger partial charge in [-0.25, -0.2) is 27.0 Å². The van der Waals surface area contributed by atoms with E-state index in [1.165, 1.54) is 36.4 Å². The minimum Gasteiger partial charge on any atom is -0.271 e. The molecule has 2 amide bonds. The van der Waals surface area contributed by atoms with E-state index in [1.54, 1.807) is 36.4 Å². The lowest BCUT2D eigenvalue weighted by Crippen LogP contribution is -2.44. The third-order valence-electron chi connectivity index (χ3n) is 8.38. The SMILES string of the molecule is C=CCC(C(=O)N(CCCCCN(OCc1ccccc1)C(=O)C(CC=C)S(=O)(=O)c1ccccc1)OCc1ccccc1)S(=O)(=O)c1ccccc1. The average molecular weight is 759 g/mol. The number of allylic oxidation sites excluding steroid dienone is 2. The quantitative estimate of drug-likeness (QED) is 0.0481. The Morgan fingerprint density at radius 1 is 0.528 bits per heavy atom. The van der Waals surface area contributed by atoms with Crippen molar-refractivity contribution in [1.29, 1.82) is 0 Å². The zero-order chi connectivity index (χ0) is 38.1. The minimum absolute atomic E-state index is 0.0208. The van der Waals surface area contributed by atoms with Gasteiger partial charge in [-0.3, -0.25) is 19.3 Å². The van der Waals surface area contributed by atoms with E-state index in [2.05, 4.69) is 13.2 Å². The molecule has 53 heavy (non-hydrogen) atoms. The molecule has 4 aromatic carbocycles. The van der Waals surface area contributed by atoms with Crippen LogP contribution in [-0.4, -0.2) is 62.4 Å². The number of carbonyl (C=O) groups is 2. The average Bonchev–Trinajstić information content (AvgIpc) is 3.19. The predicted molar refractivity (Wildman–Crippen MR) is 204 cm³/mol. The van der Waals surface area contributed by atoms with Crippen LogP contribution in [0.3, 0.4) is 0 Å². The van der Waals surface area contributed by atoms with Gasteiger partial charge in [0.2, 0.25) is 0 Å². The van der Waals surface area contributed by atoms with E-state index >= 15 is 0 Å². The number of hydrogen-bond acceptors (Lipinski definition) is 8. The second kappa shape index (κ2) is 20.4. The van der Waals surface area contributed by atoms with Crippen LogP contribution >= 0.6 is 0 Å². The van der Waals surface area contributed by atoms with Crippen molar-refractivity contribution in [3.63, 3.8) is 0 Å². The maximum Gasteiger partial charge on any atom is 0.265 e. The molecule has 12 heteroatoms. The van der Waals surface area contributed by atoms with Gasteiger partial charge in [-0.2, -0.15) is 0 Å². The van der Waals surface area contributed by atoms with Crippen LogP contribution in [0.1, 0.15) is 43.2 Å². The monoisotopic (exact) mass is 758 g/mol. The van der Waals surface area contributed by atoms with Crippen molar-refractivity contribution < 1.29 is 36.1 Å². The lowest BCUT2D eigenvalue weighted by molar-refractivity contribution is -0.193. The summed E-state index contributed by atoms with van der Waals surface area (Å²) >= 11 is 0. The van der Waals surface area contributed by atoms with Gasteiger partial charge >= 0.3 is 0 Å². The first-order valence-corrected chi connectivity index (χ1v) is 20.4. The highest BCUT2D eigenvalue weighted by Crippen LogP contribution is 2.24. The molecule has 0 spiro atoms. The Morgan fingerprint density at radius 2 is 0.849 bits per heavy atom. The fourth-order valence-electron chi connectivity index (χ4n) is 5.51. The van der Waals surface area contributed by atoms with Gasteiger partial charge in [0.1, 0.15) is 23.7 Å². The highest BCUT2D eigenvalue weighted by atomic mass is 32.2. The fraction of sp³-hybridized carbons (Fsp3) is 0.268. The summed E-state index contributed by atoms with van der Waals surface area (Å²) in [6, 6.07) is 34.0. The first kappa shape index (κ1) is 40.9. The first-order chi connectivity index (χ1) is 25.6. The fourth-order valence-corrected chi connectivity index (χ4v) is 8.79. The zero-order valence-electron chi connectivity index (χ0n) is 29.6. The minimum atomic E-state index is -4.08. The molecule has 0 saturated heterocycles. The molecule has 0 fully saturated rings. The maximum absolute atomic E-state index is 13.9. The Bertz CT molecular complexity index is 1830. The van der Waals surface area contributed by atoms with Crippen LogP contribution in [0.25, 0.3) is 0 Å². The first-order valence-electron chi connectivity index (χ1n) is 17.4. The number of nitrogens with zero attached hydrogens (tertiary/aromatic N) is 2. The van der Waals surface area contributed by atoms with E-state index in [9.17, 15) is 26.4 Å². The van der Waals surface area contributed by atoms with Crippen LogP contribution in [0.5, 0.6) is 0 Å². The van der Waals surface area contributed by atoms with Gasteiger partial charge in [-0.15, -0.1) is 13.2 Å². The molecule has 280 valence electrons. The molecule has 0 radical (unpaired) electrons. The van der Waals surface area contributed by atoms with Gasteiger partial charge in [-0.05, 0) is 67.5 Å². The van der Waals surface area contributed by atoms with E-state index in [-0.39, 0.29) is 48.9 Å². The topological polar surface area (TPSA) is 127 Å². The third kappa shape index (κ3) is 11.6. The molecule has 2 unspecified atom stereocenters. The van der Waals surface area contributed by atoms with Crippen molar-refractivity contribution in [3.05, 3.63) is 158 Å². The van der Waals surface area contributed by atoms with Gasteiger partial charge in [0.25, 0.3) is 11.8 Å². The van der Waals surface area contributed by atoms with Crippen LogP contribution in [0.2, 0.25) is 0 Å². The van der Waals surface area contributed by atoms with Gasteiger partial charge in [-0.1, -0.05) is 109 Å². The summed E-state index contributed by atoms with van der Waals surface area (Å²) in [6.45, 7) is 7.57. The summed E-state index contributed by atoms with van der Waals surface area (Å²) in [5.74, 6) is -1.43. The van der Waals surface area contributed by atoms with E-state index in [4.69, 9.17) is 9.68 Å². The predicted octanol–water partition coefficient (Wildman–Crippen LogP) is 6.91. The highest BCUT2D eigenvalue weighted by Gasteiger charge is 2.38. The molecule has 4 aromatic rings. The van der Waals surface area contributed by atoms with Crippen LogP contribution in [0.15, 0.2) is 156 Å². The number of unbranched alkanes of at least 4 members (excludes halogenated alkanes) is 2. The molecule has 0 saturated carbocycles. The highest BCUT2D eigenvalue weighted by molar-refractivity contribution is 7.93. The number of rotatable bonds is 22. The Kier molecular flexibility index (Phi) is 15.7. The smallest absolute Gasteiger partial charge is 0.265 e. The number of carbonyl (C=O) groups excluding carboxylic acids is 2. The lowest BCUT2D eigenvalue weighted by atomic mass is 10.2. The molecule has 4 rings (SSSR count). The number of benzene rings is 4. The number of amides is 2. The Labute approximate surface area is 313 Å². The largest absolute Gasteiger partial charge is 0.271 e. The van der Waals surface area contributed by atoms with E-state index < -0.39 is 42.0 Å². The molecule has 10 nitrogen and oxygen atoms in total. The van der Waals surface area contributed by atoms with Crippen molar-refractivity contribution in [2.75, 3.05) is 13.1 Å². The van der Waals surface area contributed by atoms with E-state index in [1.807, 2.05) is 60.7 Å². The molecule has 0 aliphatic heterocycles. The number of sulfone groups is 2. The molecular weight excluding hydrogens is 713 g/mol. The zero-order valence-corrected chi connectivity index (χ0v) is 31.2. The molecule has 0 aliphatic carbocycles. The van der Waals surface area contributed by atoms with Crippen LogP contribution in [0, 0.1) is 0 Å². The Morgan fingerprint density at radius 3 is 1.17 bits per heavy atom. The van der Waals surface area contributed by atoms with Crippen molar-refractivity contribution >= 4 is 31.5 Å². The summed E-state index contributed by atoms with van der Waals surface area (Å²) in [7, 11) is -8.16. The number of hydrogen-bond donors (Lipinski definition) is 0. The molecule has 0 aromatic heterocycles. The normalized spacial score (nSPS) is 12.7. The van der Waals surface area contributed by atoms with Gasteiger partial charge in [0.15, 0.2) is 19.7 Å². The summed E-state index contributed by atoms with van der Waals surface area (Å²) in [5.41, 5.74) is 1.58. The van der Waals surface area contributed by atoms with Crippen molar-refractivity contribution in [1.82, 2.24) is 10.1 Å². The van der Waals surface area contributed by atoms with Crippen molar-refractivity contribution in [2.24, 2.45) is 0 Å². The van der Waals surface area contributed by atoms with Crippen LogP contribution < -0.4 is 0 Å². The van der Waals surface area contributed by atoms with E-state index in [0.29, 0.717) is 19.3 Å². The molecule has 0 N–H and O–H groups in total. The lowest BCUT2D eigenvalue weighted by Gasteiger charge is -2.27. The van der Waals surface area contributed by atoms with Crippen molar-refractivity contribution in [2.45, 2.75) is 65.6 Å². The summed E-state index contributed by atoms with van der Waals surface area (Å²) in [5, 5.41) is -0.705. The van der Waals surface area contributed by atoms with Gasteiger partial charge < -0.3 is 0 Å². The standard InChI is InChI=1S/C41H46N2O8S2/c1-3-20-38(52(46,47)36-26-14-7-15-27-36)40(44)42(50-32-34-22-10-5-11-23-34)30-18-9-19-31-43(51-33-35-24-12-6-13-25-35)41(45)39(21-4-2)53(48,49)37-28-16-8-17-29-37/h3-8,10-17,22-29,38-39H,1-2,9,18-21,30-33H2. The molecule has 0 aliphatic rings. The molecule has 0 bridgehead atoms. The number of hydroxylamine groups is 4. The molecule has 2 atom stereocenters. The molecular formula is C41H46N2O8S2. The van der Waals surface area contributed by atoms with Crippen LogP contribution in [-0.2, 0) is 52.2 Å². The Hall–Kier alpha value is -4.88. The second-order valence-corrected chi connectivity index (χ2v) is 16.5. The van der Waals surface area contributed by atoms with E-state index in [0.717, 1.165) is 21.3 Å². The second-order valence-electron chi connectivity index (χ2n) is 12.2.